The first kappa shape index (κ1) is 48.5. The molecule has 4 aromatic rings. The number of hydrogen-bond donors (Lipinski definition) is 5. The van der Waals surface area contributed by atoms with Crippen LogP contribution in [0.25, 0.3) is 39.3 Å². The zero-order valence-corrected chi connectivity index (χ0v) is 41.0. The summed E-state index contributed by atoms with van der Waals surface area (Å²) in [6.07, 6.45) is 6.69. The summed E-state index contributed by atoms with van der Waals surface area (Å²) in [6.45, 7) is 24.1. The maximum atomic E-state index is 6.18. The van der Waals surface area contributed by atoms with E-state index in [0.717, 1.165) is 79.8 Å². The number of ether oxygens (including phenoxy) is 3. The van der Waals surface area contributed by atoms with Gasteiger partial charge >= 0.3 is 0 Å². The van der Waals surface area contributed by atoms with E-state index in [2.05, 4.69) is 133 Å². The first-order valence-corrected chi connectivity index (χ1v) is 22.2. The summed E-state index contributed by atoms with van der Waals surface area (Å²) in [5.41, 5.74) is 20.3. The molecule has 1 aliphatic carbocycles. The second-order valence-corrected chi connectivity index (χ2v) is 18.5. The minimum atomic E-state index is -0.0701. The summed E-state index contributed by atoms with van der Waals surface area (Å²) in [4.78, 5) is 14.2. The Balaban J connectivity index is 0.000000154. The van der Waals surface area contributed by atoms with Crippen LogP contribution in [-0.2, 0) is 0 Å². The van der Waals surface area contributed by atoms with E-state index in [4.69, 9.17) is 40.1 Å². The number of nitrogens with zero attached hydrogens (tertiary/aromatic N) is 2. The molecule has 12 nitrogen and oxygen atoms in total. The number of methoxy groups -OCH3 is 3. The normalized spacial score (nSPS) is 15.8. The molecule has 4 heterocycles. The van der Waals surface area contributed by atoms with E-state index >= 15 is 0 Å². The Labute approximate surface area is 390 Å². The predicted octanol–water partition coefficient (Wildman–Crippen LogP) is 11.9. The van der Waals surface area contributed by atoms with Crippen LogP contribution in [-0.4, -0.2) is 49.5 Å². The molecule has 9 rings (SSSR count). The molecule has 0 amide bonds. The summed E-state index contributed by atoms with van der Waals surface area (Å²) in [5, 5.41) is 11.5. The van der Waals surface area contributed by atoms with E-state index in [1.807, 2.05) is 55.5 Å². The SMILES string of the molecule is CCN=c1cc2oc3cc4c(cc3nc-2cc1C)C(C)=CC(C)(C)N4.COc1cc2c(cc1ON)C(C)=CC(C)(C)N2.COc1ccc2c(c1)NC(C)(C)C=C2C.COc1cccc(N)c1. The lowest BCUT2D eigenvalue weighted by atomic mass is 9.91. The molecule has 66 heavy (non-hydrogen) atoms. The molecule has 0 saturated heterocycles. The van der Waals surface area contributed by atoms with Crippen LogP contribution >= 0.6 is 0 Å². The molecule has 7 N–H and O–H groups in total. The van der Waals surface area contributed by atoms with Gasteiger partial charge in [0.05, 0.1) is 43.3 Å². The summed E-state index contributed by atoms with van der Waals surface area (Å²) in [7, 11) is 4.91. The van der Waals surface area contributed by atoms with Crippen molar-refractivity contribution >= 4 is 50.6 Å². The van der Waals surface area contributed by atoms with Gasteiger partial charge in [-0.3, -0.25) is 4.99 Å². The van der Waals surface area contributed by atoms with Crippen molar-refractivity contribution in [2.24, 2.45) is 10.9 Å². The summed E-state index contributed by atoms with van der Waals surface area (Å²) in [6, 6.07) is 25.5. The van der Waals surface area contributed by atoms with Gasteiger partial charge in [0.15, 0.2) is 22.8 Å². The smallest absolute Gasteiger partial charge is 0.189 e. The van der Waals surface area contributed by atoms with Gasteiger partial charge in [-0.1, -0.05) is 24.3 Å². The molecule has 0 fully saturated rings. The number of anilines is 4. The Morgan fingerprint density at radius 3 is 1.73 bits per heavy atom. The molecular weight excluding hydrogens is 827 g/mol. The van der Waals surface area contributed by atoms with Crippen molar-refractivity contribution < 1.29 is 23.5 Å². The third-order valence-corrected chi connectivity index (χ3v) is 11.3. The number of nitrogen functional groups attached to an aromatic ring is 1. The molecule has 0 spiro atoms. The Hall–Kier alpha value is -6.92. The molecule has 0 atom stereocenters. The summed E-state index contributed by atoms with van der Waals surface area (Å²) >= 11 is 0. The number of hydrogen-bond acceptors (Lipinski definition) is 12. The molecule has 12 heteroatoms. The molecule has 4 aromatic carbocycles. The first-order valence-electron chi connectivity index (χ1n) is 22.2. The second-order valence-electron chi connectivity index (χ2n) is 18.5. The van der Waals surface area contributed by atoms with Crippen LogP contribution < -0.4 is 52.0 Å². The summed E-state index contributed by atoms with van der Waals surface area (Å²) < 4.78 is 21.6. The average molecular weight is 894 g/mol. The molecule has 0 radical (unpaired) electrons. The highest BCUT2D eigenvalue weighted by atomic mass is 16.6. The molecule has 0 aromatic heterocycles. The maximum absolute atomic E-state index is 6.18. The van der Waals surface area contributed by atoms with Crippen molar-refractivity contribution in [3.8, 4) is 34.5 Å². The van der Waals surface area contributed by atoms with Gasteiger partial charge < -0.3 is 45.1 Å². The van der Waals surface area contributed by atoms with Gasteiger partial charge in [-0.05, 0) is 141 Å². The van der Waals surface area contributed by atoms with Crippen molar-refractivity contribution in [2.45, 2.75) is 92.8 Å². The van der Waals surface area contributed by atoms with E-state index in [1.54, 1.807) is 27.4 Å². The van der Waals surface area contributed by atoms with Crippen LogP contribution in [0.15, 0.2) is 107 Å². The summed E-state index contributed by atoms with van der Waals surface area (Å²) in [5.74, 6) is 8.88. The van der Waals surface area contributed by atoms with Crippen molar-refractivity contribution in [2.75, 3.05) is 49.6 Å². The quantitative estimate of drug-likeness (QED) is 0.0636. The van der Waals surface area contributed by atoms with Crippen molar-refractivity contribution in [3.05, 3.63) is 125 Å². The predicted molar refractivity (Wildman–Crippen MR) is 274 cm³/mol. The minimum Gasteiger partial charge on any atom is -0.497 e. The topological polar surface area (TPSA) is 163 Å². The van der Waals surface area contributed by atoms with E-state index in [-0.39, 0.29) is 16.6 Å². The highest BCUT2D eigenvalue weighted by Gasteiger charge is 2.26. The molecule has 0 saturated carbocycles. The van der Waals surface area contributed by atoms with Crippen LogP contribution in [0, 0.1) is 6.92 Å². The highest BCUT2D eigenvalue weighted by molar-refractivity contribution is 5.90. The number of allylic oxidation sites excluding steroid dienone is 3. The lowest BCUT2D eigenvalue weighted by Gasteiger charge is -2.31. The molecule has 4 aliphatic heterocycles. The van der Waals surface area contributed by atoms with Crippen LogP contribution in [0.2, 0.25) is 0 Å². The van der Waals surface area contributed by atoms with Gasteiger partial charge in [0, 0.05) is 76.3 Å². The van der Waals surface area contributed by atoms with E-state index in [0.29, 0.717) is 11.5 Å². The van der Waals surface area contributed by atoms with Crippen molar-refractivity contribution in [3.63, 3.8) is 0 Å². The van der Waals surface area contributed by atoms with Gasteiger partial charge in [-0.25, -0.2) is 4.98 Å². The maximum Gasteiger partial charge on any atom is 0.189 e. The fourth-order valence-electron chi connectivity index (χ4n) is 8.57. The number of nitrogens with one attached hydrogen (secondary N) is 3. The Morgan fingerprint density at radius 1 is 0.621 bits per heavy atom. The average Bonchev–Trinajstić information content (AvgIpc) is 3.24. The van der Waals surface area contributed by atoms with Crippen molar-refractivity contribution in [1.29, 1.82) is 0 Å². The van der Waals surface area contributed by atoms with Gasteiger partial charge in [-0.2, -0.15) is 5.90 Å². The fraction of sp³-hybridized carbons (Fsp3) is 0.333. The molecular formula is C54H67N7O5. The first-order chi connectivity index (χ1) is 31.2. The molecule has 0 unspecified atom stereocenters. The lowest BCUT2D eigenvalue weighted by molar-refractivity contribution is 0.306. The Kier molecular flexibility index (Phi) is 14.5. The zero-order valence-electron chi connectivity index (χ0n) is 41.0. The fourth-order valence-corrected chi connectivity index (χ4v) is 8.57. The Morgan fingerprint density at radius 2 is 1.18 bits per heavy atom. The van der Waals surface area contributed by atoms with Gasteiger partial charge in [0.2, 0.25) is 0 Å². The Bertz CT molecular complexity index is 2870. The number of benzene rings is 5. The van der Waals surface area contributed by atoms with Crippen LogP contribution in [0.5, 0.6) is 23.0 Å². The van der Waals surface area contributed by atoms with E-state index < -0.39 is 0 Å². The molecule has 0 bridgehead atoms. The van der Waals surface area contributed by atoms with Gasteiger partial charge in [0.25, 0.3) is 0 Å². The number of rotatable bonds is 5. The number of aryl methyl sites for hydroxylation is 1. The lowest BCUT2D eigenvalue weighted by Crippen LogP contribution is -2.31. The van der Waals surface area contributed by atoms with Gasteiger partial charge in [-0.15, -0.1) is 0 Å². The third-order valence-electron chi connectivity index (χ3n) is 11.3. The number of aromatic nitrogens is 1. The minimum absolute atomic E-state index is 0.0173. The number of fused-ring (bicyclic) bond motifs is 5. The molecule has 348 valence electrons. The third kappa shape index (κ3) is 11.5. The van der Waals surface area contributed by atoms with Crippen LogP contribution in [0.1, 0.15) is 91.5 Å². The standard InChI is InChI=1S/C21H23N3O.C13H18N2O2.C13H17NO.C7H9NO/c1-6-22-15-9-19-17(7-12(15)2)23-18-8-14-13(3)11-21(4,5)24-16(14)10-20(18)25-19;1-8-7-13(2,3)15-10-6-11(16-4)12(17-14)5-9(8)10;1-9-8-13(2,3)14-12-7-10(15-4)5-6-11(9)12;1-9-7-4-2-3-6(8)5-7/h7-11,24H,6H2,1-5H3;5-7,15H,14H2,1-4H3;5-8,14H,1-4H3;2-5H,8H2,1H3. The highest BCUT2D eigenvalue weighted by Crippen LogP contribution is 2.41. The zero-order chi connectivity index (χ0) is 48.1. The van der Waals surface area contributed by atoms with Crippen LogP contribution in [0.3, 0.4) is 0 Å². The second kappa shape index (κ2) is 19.7. The largest absolute Gasteiger partial charge is 0.497 e. The van der Waals surface area contributed by atoms with E-state index in [1.165, 1.54) is 27.8 Å². The monoisotopic (exact) mass is 894 g/mol. The molecule has 5 aliphatic rings. The number of nitrogens with two attached hydrogens (primary N) is 2. The van der Waals surface area contributed by atoms with Gasteiger partial charge in [0.1, 0.15) is 22.7 Å². The van der Waals surface area contributed by atoms with Crippen LogP contribution in [0.4, 0.5) is 22.7 Å². The van der Waals surface area contributed by atoms with Crippen molar-refractivity contribution in [1.82, 2.24) is 4.98 Å². The van der Waals surface area contributed by atoms with E-state index in [9.17, 15) is 0 Å².